The molecule has 0 unspecified atom stereocenters. The van der Waals surface area contributed by atoms with Crippen molar-refractivity contribution in [2.24, 2.45) is 0 Å². The highest BCUT2D eigenvalue weighted by atomic mass is 16.4. The molecule has 150 valence electrons. The summed E-state index contributed by atoms with van der Waals surface area (Å²) in [7, 11) is 0. The van der Waals surface area contributed by atoms with Crippen LogP contribution < -0.4 is 0 Å². The number of allylic oxidation sites excluding steroid dienone is 8. The van der Waals surface area contributed by atoms with Crippen molar-refractivity contribution in [1.82, 2.24) is 0 Å². The summed E-state index contributed by atoms with van der Waals surface area (Å²) >= 11 is 0. The number of rotatable bonds is 15. The molecule has 0 aliphatic carbocycles. The van der Waals surface area contributed by atoms with E-state index in [0.717, 1.165) is 32.1 Å². The minimum atomic E-state index is -0.712. The van der Waals surface area contributed by atoms with Crippen LogP contribution in [0.5, 0.6) is 0 Å². The standard InChI is InChI=1S/C20H32O2.C2H6O2/c1-2-3-4-5-6-7-8-9-10-11-12-13-14-15-16-17-18-19-20(21)22;3-1-2-4/h6-7,9-10,12-13,15-16H,2-5,8,11,14,17-19H2,1H3,(H,21,22);3-4H,1-2H2/b7-6-,10-9-,13-12-,16-15-;. The minimum Gasteiger partial charge on any atom is -0.481 e. The van der Waals surface area contributed by atoms with Crippen molar-refractivity contribution in [3.8, 4) is 0 Å². The molecule has 0 radical (unpaired) electrons. The highest BCUT2D eigenvalue weighted by molar-refractivity contribution is 5.66. The van der Waals surface area contributed by atoms with E-state index in [1.807, 2.05) is 0 Å². The van der Waals surface area contributed by atoms with Gasteiger partial charge in [0.15, 0.2) is 0 Å². The fourth-order valence-electron chi connectivity index (χ4n) is 1.93. The number of unbranched alkanes of at least 4 members (excludes halogenated alkanes) is 4. The molecule has 0 amide bonds. The van der Waals surface area contributed by atoms with Gasteiger partial charge in [-0.3, -0.25) is 4.79 Å². The molecule has 26 heavy (non-hydrogen) atoms. The second-order valence-corrected chi connectivity index (χ2v) is 5.82. The first-order valence-electron chi connectivity index (χ1n) is 9.72. The maximum absolute atomic E-state index is 10.3. The van der Waals surface area contributed by atoms with Gasteiger partial charge in [0, 0.05) is 6.42 Å². The van der Waals surface area contributed by atoms with Crippen LogP contribution in [0.25, 0.3) is 0 Å². The van der Waals surface area contributed by atoms with E-state index in [9.17, 15) is 4.79 Å². The number of carboxylic acid groups (broad SMARTS) is 1. The lowest BCUT2D eigenvalue weighted by atomic mass is 10.2. The molecule has 0 atom stereocenters. The van der Waals surface area contributed by atoms with Crippen LogP contribution in [0.15, 0.2) is 48.6 Å². The normalized spacial score (nSPS) is 11.7. The summed E-state index contributed by atoms with van der Waals surface area (Å²) in [6, 6.07) is 0. The molecule has 0 aliphatic rings. The van der Waals surface area contributed by atoms with Crippen LogP contribution in [-0.2, 0) is 4.79 Å². The third-order valence-corrected chi connectivity index (χ3v) is 3.32. The molecular weight excluding hydrogens is 328 g/mol. The Bertz CT molecular complexity index is 393. The number of carbonyl (C=O) groups is 1. The SMILES string of the molecule is CCCCC/C=C\C/C=C\C/C=C\C/C=C\CCCC(=O)O.OCCO. The summed E-state index contributed by atoms with van der Waals surface area (Å²) in [5.41, 5.74) is 0. The Morgan fingerprint density at radius 2 is 1.12 bits per heavy atom. The van der Waals surface area contributed by atoms with Crippen LogP contribution in [0.3, 0.4) is 0 Å². The van der Waals surface area contributed by atoms with E-state index in [2.05, 4.69) is 55.5 Å². The molecule has 0 aromatic rings. The van der Waals surface area contributed by atoms with Crippen molar-refractivity contribution in [3.63, 3.8) is 0 Å². The molecule has 0 heterocycles. The predicted octanol–water partition coefficient (Wildman–Crippen LogP) is 5.19. The maximum atomic E-state index is 10.3. The van der Waals surface area contributed by atoms with E-state index in [0.29, 0.717) is 0 Å². The van der Waals surface area contributed by atoms with Crippen molar-refractivity contribution < 1.29 is 20.1 Å². The van der Waals surface area contributed by atoms with Crippen molar-refractivity contribution >= 4 is 5.97 Å². The average Bonchev–Trinajstić information content (AvgIpc) is 2.64. The molecule has 3 N–H and O–H groups in total. The Hall–Kier alpha value is -1.65. The Labute approximate surface area is 159 Å². The Morgan fingerprint density at radius 1 is 0.692 bits per heavy atom. The number of aliphatic hydroxyl groups excluding tert-OH is 2. The minimum absolute atomic E-state index is 0.125. The monoisotopic (exact) mass is 366 g/mol. The average molecular weight is 367 g/mol. The van der Waals surface area contributed by atoms with E-state index < -0.39 is 5.97 Å². The summed E-state index contributed by atoms with van der Waals surface area (Å²) in [4.78, 5) is 10.3. The van der Waals surface area contributed by atoms with Gasteiger partial charge in [-0.15, -0.1) is 0 Å². The van der Waals surface area contributed by atoms with Gasteiger partial charge in [-0.1, -0.05) is 68.4 Å². The smallest absolute Gasteiger partial charge is 0.303 e. The number of hydrogen-bond acceptors (Lipinski definition) is 3. The molecule has 0 rings (SSSR count). The highest BCUT2D eigenvalue weighted by Gasteiger charge is 1.92. The van der Waals surface area contributed by atoms with Gasteiger partial charge in [-0.2, -0.15) is 0 Å². The van der Waals surface area contributed by atoms with Crippen molar-refractivity contribution in [1.29, 1.82) is 0 Å². The number of aliphatic hydroxyl groups is 2. The van der Waals surface area contributed by atoms with Crippen LogP contribution in [-0.4, -0.2) is 34.5 Å². The molecule has 0 saturated carbocycles. The lowest BCUT2D eigenvalue weighted by molar-refractivity contribution is -0.137. The fourth-order valence-corrected chi connectivity index (χ4v) is 1.93. The van der Waals surface area contributed by atoms with Crippen LogP contribution in [0, 0.1) is 0 Å². The molecule has 0 spiro atoms. The largest absolute Gasteiger partial charge is 0.481 e. The third kappa shape index (κ3) is 30.3. The molecule has 0 bridgehead atoms. The van der Waals surface area contributed by atoms with Gasteiger partial charge in [-0.05, 0) is 44.9 Å². The first-order chi connectivity index (χ1) is 12.7. The number of hydrogen-bond donors (Lipinski definition) is 3. The quantitative estimate of drug-likeness (QED) is 0.275. The summed E-state index contributed by atoms with van der Waals surface area (Å²) in [6.07, 6.45) is 27.3. The summed E-state index contributed by atoms with van der Waals surface area (Å²) in [5.74, 6) is -0.712. The number of aliphatic carboxylic acids is 1. The third-order valence-electron chi connectivity index (χ3n) is 3.32. The van der Waals surface area contributed by atoms with Gasteiger partial charge in [0.2, 0.25) is 0 Å². The molecule has 0 aliphatic heterocycles. The Balaban J connectivity index is 0. The number of carboxylic acids is 1. The zero-order valence-corrected chi connectivity index (χ0v) is 16.4. The van der Waals surface area contributed by atoms with Crippen molar-refractivity contribution in [2.75, 3.05) is 13.2 Å². The molecular formula is C22H38O4. The zero-order valence-electron chi connectivity index (χ0n) is 16.4. The van der Waals surface area contributed by atoms with E-state index >= 15 is 0 Å². The van der Waals surface area contributed by atoms with Gasteiger partial charge in [-0.25, -0.2) is 0 Å². The summed E-state index contributed by atoms with van der Waals surface area (Å²) < 4.78 is 0. The topological polar surface area (TPSA) is 77.8 Å². The van der Waals surface area contributed by atoms with Crippen molar-refractivity contribution in [3.05, 3.63) is 48.6 Å². The Morgan fingerprint density at radius 3 is 1.50 bits per heavy atom. The molecule has 4 nitrogen and oxygen atoms in total. The van der Waals surface area contributed by atoms with Crippen molar-refractivity contribution in [2.45, 2.75) is 71.1 Å². The first kappa shape index (κ1) is 26.6. The van der Waals surface area contributed by atoms with Gasteiger partial charge >= 0.3 is 5.97 Å². The van der Waals surface area contributed by atoms with Gasteiger partial charge in [0.25, 0.3) is 0 Å². The second-order valence-electron chi connectivity index (χ2n) is 5.82. The van der Waals surface area contributed by atoms with Crippen LogP contribution >= 0.6 is 0 Å². The van der Waals surface area contributed by atoms with Gasteiger partial charge in [0.05, 0.1) is 13.2 Å². The molecule has 0 saturated heterocycles. The van der Waals surface area contributed by atoms with Crippen LogP contribution in [0.1, 0.15) is 71.1 Å². The summed E-state index contributed by atoms with van der Waals surface area (Å²) in [5, 5.41) is 23.7. The lowest BCUT2D eigenvalue weighted by Gasteiger charge is -1.90. The molecule has 4 heteroatoms. The van der Waals surface area contributed by atoms with E-state index in [-0.39, 0.29) is 19.6 Å². The predicted molar refractivity (Wildman–Crippen MR) is 110 cm³/mol. The van der Waals surface area contributed by atoms with Crippen LogP contribution in [0.4, 0.5) is 0 Å². The van der Waals surface area contributed by atoms with Gasteiger partial charge < -0.3 is 15.3 Å². The van der Waals surface area contributed by atoms with E-state index in [4.69, 9.17) is 15.3 Å². The van der Waals surface area contributed by atoms with Gasteiger partial charge in [0.1, 0.15) is 0 Å². The summed E-state index contributed by atoms with van der Waals surface area (Å²) in [6.45, 7) is 1.98. The van der Waals surface area contributed by atoms with E-state index in [1.54, 1.807) is 0 Å². The molecule has 0 aromatic heterocycles. The molecule has 0 aromatic carbocycles. The van der Waals surface area contributed by atoms with E-state index in [1.165, 1.54) is 25.7 Å². The first-order valence-corrected chi connectivity index (χ1v) is 9.72. The second kappa shape index (κ2) is 25.6. The zero-order chi connectivity index (χ0) is 19.7. The Kier molecular flexibility index (Phi) is 26.2. The fraction of sp³-hybridized carbons (Fsp3) is 0.591. The maximum Gasteiger partial charge on any atom is 0.303 e. The molecule has 0 fully saturated rings. The lowest BCUT2D eigenvalue weighted by Crippen LogP contribution is -1.92. The van der Waals surface area contributed by atoms with Crippen LogP contribution in [0.2, 0.25) is 0 Å². The highest BCUT2D eigenvalue weighted by Crippen LogP contribution is 2.01.